The maximum Gasteiger partial charge on any atom is 0.319 e. The summed E-state index contributed by atoms with van der Waals surface area (Å²) in [6.07, 6.45) is 8.04. The molecule has 0 aromatic carbocycles. The molecule has 2 unspecified atom stereocenters. The van der Waals surface area contributed by atoms with Gasteiger partial charge in [0.1, 0.15) is 11.3 Å². The number of nitrogens with zero attached hydrogens (tertiary/aromatic N) is 2. The van der Waals surface area contributed by atoms with E-state index in [-0.39, 0.29) is 6.42 Å². The Hall–Kier alpha value is -1.04. The van der Waals surface area contributed by atoms with Gasteiger partial charge in [0.05, 0.1) is 6.61 Å². The molecule has 0 fully saturated rings. The molecule has 27 heavy (non-hydrogen) atoms. The number of carbonyl (C=O) groups excluding carboxylic acids is 1. The lowest BCUT2D eigenvalue weighted by Gasteiger charge is -2.25. The van der Waals surface area contributed by atoms with Crippen LogP contribution in [0, 0.1) is 0 Å². The molecular formula is C19H35N2O5P. The van der Waals surface area contributed by atoms with Crippen LogP contribution in [0.15, 0.2) is 4.52 Å². The van der Waals surface area contributed by atoms with Crippen LogP contribution in [0.2, 0.25) is 0 Å². The summed E-state index contributed by atoms with van der Waals surface area (Å²) in [6, 6.07) is 0. The van der Waals surface area contributed by atoms with Gasteiger partial charge < -0.3 is 18.7 Å². The van der Waals surface area contributed by atoms with Gasteiger partial charge in [0.15, 0.2) is 14.2 Å². The number of esters is 1. The van der Waals surface area contributed by atoms with Crippen molar-refractivity contribution in [1.29, 1.82) is 0 Å². The highest BCUT2D eigenvalue weighted by Gasteiger charge is 2.34. The van der Waals surface area contributed by atoms with Crippen molar-refractivity contribution in [3.8, 4) is 0 Å². The predicted molar refractivity (Wildman–Crippen MR) is 105 cm³/mol. The Kier molecular flexibility index (Phi) is 11.0. The standard InChI is InChI=1S/C19H35N2O5P/c1-6-8-9-10-11-12-13-16-20-17(26-21-16)14-15(27(23)24-7-2)18(22)25-19(3,4)5/h15,23H,6-14H2,1-5H3. The molecule has 0 radical (unpaired) electrons. The summed E-state index contributed by atoms with van der Waals surface area (Å²) in [5.41, 5.74) is -1.49. The first-order valence-corrected chi connectivity index (χ1v) is 11.2. The molecule has 2 atom stereocenters. The molecule has 156 valence electrons. The topological polar surface area (TPSA) is 94.7 Å². The minimum absolute atomic E-state index is 0.112. The molecule has 1 rings (SSSR count). The van der Waals surface area contributed by atoms with Gasteiger partial charge in [-0.05, 0) is 34.1 Å². The Labute approximate surface area is 164 Å². The second-order valence-electron chi connectivity index (χ2n) is 7.60. The molecule has 1 N–H and O–H groups in total. The van der Waals surface area contributed by atoms with E-state index in [0.29, 0.717) is 18.3 Å². The maximum atomic E-state index is 12.4. The lowest BCUT2D eigenvalue weighted by Crippen LogP contribution is -2.32. The summed E-state index contributed by atoms with van der Waals surface area (Å²) in [4.78, 5) is 27.1. The number of aryl methyl sites for hydroxylation is 1. The fourth-order valence-corrected chi connectivity index (χ4v) is 3.54. The number of hydrogen-bond donors (Lipinski definition) is 1. The lowest BCUT2D eigenvalue weighted by molar-refractivity contribution is -0.154. The van der Waals surface area contributed by atoms with Crippen LogP contribution in [0.4, 0.5) is 0 Å². The number of hydrogen-bond acceptors (Lipinski definition) is 7. The van der Waals surface area contributed by atoms with Crippen LogP contribution < -0.4 is 0 Å². The molecule has 0 saturated heterocycles. The second-order valence-corrected chi connectivity index (χ2v) is 9.08. The summed E-state index contributed by atoms with van der Waals surface area (Å²) < 4.78 is 15.9. The van der Waals surface area contributed by atoms with Crippen molar-refractivity contribution >= 4 is 14.3 Å². The highest BCUT2D eigenvalue weighted by molar-refractivity contribution is 7.48. The zero-order valence-corrected chi connectivity index (χ0v) is 18.3. The van der Waals surface area contributed by atoms with Crippen LogP contribution in [-0.4, -0.2) is 38.9 Å². The molecule has 0 aliphatic rings. The summed E-state index contributed by atoms with van der Waals surface area (Å²) in [5, 5.41) is 3.99. The van der Waals surface area contributed by atoms with Gasteiger partial charge in [-0.2, -0.15) is 4.98 Å². The molecular weight excluding hydrogens is 367 g/mol. The Morgan fingerprint density at radius 1 is 1.19 bits per heavy atom. The predicted octanol–water partition coefficient (Wildman–Crippen LogP) is 4.57. The lowest BCUT2D eigenvalue weighted by atomic mass is 10.1. The minimum atomic E-state index is -1.97. The first-order chi connectivity index (χ1) is 12.8. The second kappa shape index (κ2) is 12.4. The average molecular weight is 402 g/mol. The van der Waals surface area contributed by atoms with E-state index < -0.39 is 25.6 Å². The van der Waals surface area contributed by atoms with Crippen molar-refractivity contribution in [2.75, 3.05) is 6.61 Å². The van der Waals surface area contributed by atoms with Gasteiger partial charge in [-0.15, -0.1) is 0 Å². The molecule has 1 heterocycles. The van der Waals surface area contributed by atoms with Crippen LogP contribution in [0.3, 0.4) is 0 Å². The van der Waals surface area contributed by atoms with Crippen molar-refractivity contribution in [2.45, 2.75) is 97.2 Å². The number of aromatic nitrogens is 2. The smallest absolute Gasteiger partial charge is 0.319 e. The van der Waals surface area contributed by atoms with Gasteiger partial charge in [-0.1, -0.05) is 44.2 Å². The molecule has 7 nitrogen and oxygen atoms in total. The Morgan fingerprint density at radius 3 is 2.48 bits per heavy atom. The first kappa shape index (κ1) is 24.0. The van der Waals surface area contributed by atoms with Crippen LogP contribution >= 0.6 is 8.38 Å². The van der Waals surface area contributed by atoms with E-state index in [1.165, 1.54) is 25.7 Å². The van der Waals surface area contributed by atoms with Gasteiger partial charge in [0.2, 0.25) is 5.89 Å². The normalized spacial score (nSPS) is 14.1. The van der Waals surface area contributed by atoms with Gasteiger partial charge in [0, 0.05) is 12.8 Å². The summed E-state index contributed by atoms with van der Waals surface area (Å²) >= 11 is 0. The average Bonchev–Trinajstić information content (AvgIpc) is 3.02. The number of rotatable bonds is 13. The zero-order chi connectivity index (χ0) is 20.3. The van der Waals surface area contributed by atoms with Crippen molar-refractivity contribution in [2.24, 2.45) is 0 Å². The van der Waals surface area contributed by atoms with E-state index in [1.807, 2.05) is 0 Å². The number of ether oxygens (including phenoxy) is 1. The van der Waals surface area contributed by atoms with E-state index in [0.717, 1.165) is 19.3 Å². The maximum absolute atomic E-state index is 12.4. The van der Waals surface area contributed by atoms with Gasteiger partial charge >= 0.3 is 5.97 Å². The van der Waals surface area contributed by atoms with Crippen LogP contribution in [0.1, 0.15) is 84.9 Å². The minimum Gasteiger partial charge on any atom is -0.459 e. The SMILES string of the molecule is CCCCCCCCc1noc(CC(C(=O)OC(C)(C)C)P(O)OCC)n1. The molecule has 0 aliphatic carbocycles. The van der Waals surface area contributed by atoms with E-state index in [4.69, 9.17) is 13.8 Å². The molecule has 0 aliphatic heterocycles. The largest absolute Gasteiger partial charge is 0.459 e. The Bertz CT molecular complexity index is 544. The monoisotopic (exact) mass is 402 g/mol. The third-order valence-corrected chi connectivity index (χ3v) is 5.29. The molecule has 0 bridgehead atoms. The molecule has 0 spiro atoms. The zero-order valence-electron chi connectivity index (χ0n) is 17.4. The summed E-state index contributed by atoms with van der Waals surface area (Å²) in [5.74, 6) is 0.454. The molecule has 0 amide bonds. The highest BCUT2D eigenvalue weighted by atomic mass is 31.2. The van der Waals surface area contributed by atoms with Crippen molar-refractivity contribution < 1.29 is 23.5 Å². The third kappa shape index (κ3) is 10.2. The van der Waals surface area contributed by atoms with Gasteiger partial charge in [-0.25, -0.2) is 0 Å². The first-order valence-electron chi connectivity index (χ1n) is 9.92. The van der Waals surface area contributed by atoms with Crippen LogP contribution in [-0.2, 0) is 26.9 Å². The van der Waals surface area contributed by atoms with Crippen molar-refractivity contribution in [1.82, 2.24) is 10.1 Å². The summed E-state index contributed by atoms with van der Waals surface area (Å²) in [7, 11) is -1.97. The molecule has 1 aromatic rings. The van der Waals surface area contributed by atoms with E-state index >= 15 is 0 Å². The third-order valence-electron chi connectivity index (χ3n) is 3.84. The van der Waals surface area contributed by atoms with Crippen molar-refractivity contribution in [3.05, 3.63) is 11.7 Å². The summed E-state index contributed by atoms with van der Waals surface area (Å²) in [6.45, 7) is 9.64. The van der Waals surface area contributed by atoms with Crippen LogP contribution in [0.5, 0.6) is 0 Å². The highest BCUT2D eigenvalue weighted by Crippen LogP contribution is 2.40. The molecule has 0 saturated carbocycles. The molecule has 1 aromatic heterocycles. The van der Waals surface area contributed by atoms with E-state index in [9.17, 15) is 9.69 Å². The van der Waals surface area contributed by atoms with Gasteiger partial charge in [-0.3, -0.25) is 4.79 Å². The Balaban J connectivity index is 2.60. The van der Waals surface area contributed by atoms with E-state index in [1.54, 1.807) is 27.7 Å². The van der Waals surface area contributed by atoms with Crippen LogP contribution in [0.25, 0.3) is 0 Å². The number of unbranched alkanes of at least 4 members (excludes halogenated alkanes) is 5. The molecule has 8 heteroatoms. The number of carbonyl (C=O) groups is 1. The fraction of sp³-hybridized carbons (Fsp3) is 0.842. The van der Waals surface area contributed by atoms with E-state index in [2.05, 4.69) is 17.1 Å². The van der Waals surface area contributed by atoms with Crippen molar-refractivity contribution in [3.63, 3.8) is 0 Å². The van der Waals surface area contributed by atoms with Gasteiger partial charge in [0.25, 0.3) is 0 Å². The fourth-order valence-electron chi connectivity index (χ4n) is 2.55. The Morgan fingerprint density at radius 2 is 1.85 bits per heavy atom. The quantitative estimate of drug-likeness (QED) is 0.293.